The van der Waals surface area contributed by atoms with E-state index >= 15 is 0 Å². The zero-order valence-corrected chi connectivity index (χ0v) is 30.8. The van der Waals surface area contributed by atoms with Gasteiger partial charge in [0.05, 0.1) is 13.6 Å². The summed E-state index contributed by atoms with van der Waals surface area (Å²) in [5.74, 6) is 0. The van der Waals surface area contributed by atoms with E-state index in [0.717, 1.165) is 19.4 Å². The molecule has 1 N–H and O–H groups in total. The number of unbranched alkanes of at least 4 members (excludes halogenated alkanes) is 2. The summed E-state index contributed by atoms with van der Waals surface area (Å²) >= 11 is 0. The predicted molar refractivity (Wildman–Crippen MR) is 218 cm³/mol. The van der Waals surface area contributed by atoms with Crippen molar-refractivity contribution in [1.82, 2.24) is 4.57 Å². The fraction of sp³-hybridized carbons (Fsp3) is 0.244. The molecule has 0 saturated carbocycles. The van der Waals surface area contributed by atoms with Gasteiger partial charge in [0.15, 0.2) is 7.28 Å². The van der Waals surface area contributed by atoms with Crippen LogP contribution in [0.4, 0.5) is 11.4 Å². The van der Waals surface area contributed by atoms with E-state index in [4.69, 9.17) is 0 Å². The Hall–Kier alpha value is -4.54. The number of hydrogen-bond acceptors (Lipinski definition) is 1. The van der Waals surface area contributed by atoms with Crippen molar-refractivity contribution >= 4 is 75.4 Å². The first kappa shape index (κ1) is 30.5. The van der Waals surface area contributed by atoms with Crippen molar-refractivity contribution in [2.24, 2.45) is 0 Å². The summed E-state index contributed by atoms with van der Waals surface area (Å²) in [7, 11) is -0.906. The summed E-state index contributed by atoms with van der Waals surface area (Å²) in [6.07, 6.45) is 4.96. The minimum absolute atomic E-state index is 0.0975. The molecule has 1 aromatic heterocycles. The van der Waals surface area contributed by atoms with E-state index in [-0.39, 0.29) is 5.41 Å². The zero-order valence-electron chi connectivity index (χ0n) is 29.8. The maximum absolute atomic E-state index is 3.86. The number of nitrogens with one attached hydrogen (secondary N) is 1. The number of para-hydroxylation sites is 2. The molecule has 49 heavy (non-hydrogen) atoms. The molecule has 2 aliphatic rings. The van der Waals surface area contributed by atoms with Crippen LogP contribution in [0.15, 0.2) is 103 Å². The zero-order chi connectivity index (χ0) is 33.7. The molecule has 0 atom stereocenters. The maximum Gasteiger partial charge on any atom is 0.198 e. The standard InChI is InChI=1S/C45H45BN2Si/c1-7-8-9-15-28-22-24-30(25-23-28)47-37-21-13-12-18-32(37)33-27-38(49(4,5)6)40-39-31-17-11-10-16-29(31)26-35-43(39)48-42-34(45(35,2)3)19-14-20-36(42)46-41(33)44(40)48/h10-14,16-27,46-47H,7-9,15H2,1-6H3. The first-order chi connectivity index (χ1) is 23.7. The van der Waals surface area contributed by atoms with E-state index in [0.29, 0.717) is 0 Å². The SMILES string of the molecule is CCCCCc1ccc(Nc2ccccc2-c2cc([Si](C)(C)C)c3c4c5ccccc5cc5c4n4c3c2Bc2cccc(c2-4)C5(C)C)cc1. The summed E-state index contributed by atoms with van der Waals surface area (Å²) in [6, 6.07) is 39.4. The third-order valence-electron chi connectivity index (χ3n) is 11.5. The largest absolute Gasteiger partial charge is 0.355 e. The second-order valence-electron chi connectivity index (χ2n) is 16.1. The minimum Gasteiger partial charge on any atom is -0.355 e. The van der Waals surface area contributed by atoms with Gasteiger partial charge in [0, 0.05) is 44.3 Å². The molecule has 0 aliphatic carbocycles. The number of aryl methyl sites for hydroxylation is 1. The average Bonchev–Trinajstić information content (AvgIpc) is 3.45. The summed E-state index contributed by atoms with van der Waals surface area (Å²) in [6.45, 7) is 14.7. The van der Waals surface area contributed by atoms with Gasteiger partial charge in [-0.25, -0.2) is 0 Å². The number of hydrogen-bond donors (Lipinski definition) is 1. The average molecular weight is 653 g/mol. The van der Waals surface area contributed by atoms with Crippen molar-refractivity contribution in [3.05, 3.63) is 120 Å². The molecule has 4 heteroatoms. The lowest BCUT2D eigenvalue weighted by atomic mass is 9.57. The fourth-order valence-electron chi connectivity index (χ4n) is 9.01. The lowest BCUT2D eigenvalue weighted by Crippen LogP contribution is -2.44. The summed E-state index contributed by atoms with van der Waals surface area (Å²) in [5.41, 5.74) is 16.3. The Labute approximate surface area is 292 Å². The van der Waals surface area contributed by atoms with Crippen LogP contribution in [-0.4, -0.2) is 19.9 Å². The van der Waals surface area contributed by atoms with Crippen molar-refractivity contribution in [1.29, 1.82) is 0 Å². The second-order valence-corrected chi connectivity index (χ2v) is 21.1. The molecule has 2 aliphatic heterocycles. The minimum atomic E-state index is -1.84. The van der Waals surface area contributed by atoms with Crippen LogP contribution in [0.2, 0.25) is 19.6 Å². The van der Waals surface area contributed by atoms with Crippen LogP contribution in [0, 0.1) is 0 Å². The molecule has 3 heterocycles. The summed E-state index contributed by atoms with van der Waals surface area (Å²) in [5, 5.41) is 11.1. The van der Waals surface area contributed by atoms with Crippen LogP contribution >= 0.6 is 0 Å². The van der Waals surface area contributed by atoms with Crippen molar-refractivity contribution in [2.75, 3.05) is 5.32 Å². The lowest BCUT2D eigenvalue weighted by molar-refractivity contribution is 0.632. The van der Waals surface area contributed by atoms with E-state index in [1.54, 1.807) is 5.19 Å². The molecule has 6 aromatic carbocycles. The van der Waals surface area contributed by atoms with Gasteiger partial charge in [0.2, 0.25) is 0 Å². The number of nitrogens with zero attached hydrogens (tertiary/aromatic N) is 1. The van der Waals surface area contributed by atoms with Crippen molar-refractivity contribution in [3.8, 4) is 16.8 Å². The maximum atomic E-state index is 3.86. The van der Waals surface area contributed by atoms with E-state index in [2.05, 4.69) is 153 Å². The highest BCUT2D eigenvalue weighted by Crippen LogP contribution is 2.50. The summed E-state index contributed by atoms with van der Waals surface area (Å²) in [4.78, 5) is 0. The van der Waals surface area contributed by atoms with Crippen LogP contribution in [0.1, 0.15) is 56.7 Å². The molecule has 0 radical (unpaired) electrons. The Bertz CT molecular complexity index is 2460. The van der Waals surface area contributed by atoms with Crippen LogP contribution in [0.3, 0.4) is 0 Å². The topological polar surface area (TPSA) is 17.0 Å². The number of anilines is 2. The van der Waals surface area contributed by atoms with Crippen molar-refractivity contribution < 1.29 is 0 Å². The van der Waals surface area contributed by atoms with Crippen LogP contribution in [0.5, 0.6) is 0 Å². The van der Waals surface area contributed by atoms with Crippen LogP contribution in [0.25, 0.3) is 49.4 Å². The molecule has 0 spiro atoms. The highest BCUT2D eigenvalue weighted by atomic mass is 28.3. The Morgan fingerprint density at radius 3 is 2.31 bits per heavy atom. The molecule has 0 fully saturated rings. The first-order valence-corrected chi connectivity index (χ1v) is 21.8. The van der Waals surface area contributed by atoms with Crippen LogP contribution in [-0.2, 0) is 11.8 Å². The first-order valence-electron chi connectivity index (χ1n) is 18.3. The summed E-state index contributed by atoms with van der Waals surface area (Å²) < 4.78 is 2.71. The molecular formula is C45H45BN2Si. The van der Waals surface area contributed by atoms with Gasteiger partial charge in [-0.2, -0.15) is 0 Å². The number of rotatable bonds is 8. The molecule has 7 aromatic rings. The molecule has 0 bridgehead atoms. The van der Waals surface area contributed by atoms with Gasteiger partial charge in [0.1, 0.15) is 0 Å². The van der Waals surface area contributed by atoms with Gasteiger partial charge < -0.3 is 9.88 Å². The molecule has 2 nitrogen and oxygen atoms in total. The second kappa shape index (κ2) is 11.0. The third-order valence-corrected chi connectivity index (χ3v) is 13.5. The Morgan fingerprint density at radius 2 is 1.51 bits per heavy atom. The lowest BCUT2D eigenvalue weighted by Gasteiger charge is -2.38. The molecule has 0 unspecified atom stereocenters. The van der Waals surface area contributed by atoms with Gasteiger partial charge in [-0.3, -0.25) is 0 Å². The van der Waals surface area contributed by atoms with Crippen LogP contribution < -0.4 is 21.4 Å². The van der Waals surface area contributed by atoms with Gasteiger partial charge in [0.25, 0.3) is 0 Å². The van der Waals surface area contributed by atoms with E-state index in [9.17, 15) is 0 Å². The molecular weight excluding hydrogens is 607 g/mol. The highest BCUT2D eigenvalue weighted by molar-refractivity contribution is 6.91. The number of fused-ring (bicyclic) bond motifs is 3. The fourth-order valence-corrected chi connectivity index (χ4v) is 10.6. The monoisotopic (exact) mass is 652 g/mol. The molecule has 0 saturated heterocycles. The quantitative estimate of drug-likeness (QED) is 0.128. The predicted octanol–water partition coefficient (Wildman–Crippen LogP) is 9.97. The molecule has 242 valence electrons. The van der Waals surface area contributed by atoms with E-state index < -0.39 is 8.07 Å². The van der Waals surface area contributed by atoms with Gasteiger partial charge in [-0.05, 0) is 80.8 Å². The molecule has 9 rings (SSSR count). The Kier molecular flexibility index (Phi) is 6.84. The van der Waals surface area contributed by atoms with Gasteiger partial charge in [-0.15, -0.1) is 0 Å². The highest BCUT2D eigenvalue weighted by Gasteiger charge is 2.41. The van der Waals surface area contributed by atoms with Crippen molar-refractivity contribution in [3.63, 3.8) is 0 Å². The normalized spacial score (nSPS) is 14.2. The van der Waals surface area contributed by atoms with Gasteiger partial charge >= 0.3 is 0 Å². The molecule has 0 amide bonds. The third kappa shape index (κ3) is 4.53. The van der Waals surface area contributed by atoms with E-state index in [1.807, 2.05) is 0 Å². The smallest absolute Gasteiger partial charge is 0.198 e. The van der Waals surface area contributed by atoms with E-state index in [1.165, 1.54) is 102 Å². The number of benzene rings is 6. The van der Waals surface area contributed by atoms with Crippen molar-refractivity contribution in [2.45, 2.75) is 71.5 Å². The number of aromatic nitrogens is 1. The van der Waals surface area contributed by atoms with Gasteiger partial charge in [-0.1, -0.05) is 138 Å². The Balaban J connectivity index is 1.34. The Morgan fingerprint density at radius 1 is 0.735 bits per heavy atom.